The Balaban J connectivity index is 1.81. The maximum absolute atomic E-state index is 12.5. The molecular weight excluding hydrogens is 340 g/mol. The van der Waals surface area contributed by atoms with Gasteiger partial charge in [0.15, 0.2) is 6.10 Å². The summed E-state index contributed by atoms with van der Waals surface area (Å²) in [4.78, 5) is 12.7. The highest BCUT2D eigenvalue weighted by atomic mass is 32.2. The van der Waals surface area contributed by atoms with Gasteiger partial charge in [-0.25, -0.2) is 12.7 Å². The standard InChI is InChI=1S/C18H20N2O4S/c1-12-8-9-14(25(22,23)20(2)3)11-15(12)19-18(21)17-10-13-6-4-5-7-16(13)24-17/h4-9,11,17H,10H2,1-3H3,(H,19,21). The van der Waals surface area contributed by atoms with Crippen molar-refractivity contribution in [3.63, 3.8) is 0 Å². The van der Waals surface area contributed by atoms with Crippen LogP contribution in [0.4, 0.5) is 5.69 Å². The Bertz CT molecular complexity index is 897. The molecule has 1 unspecified atom stereocenters. The molecule has 0 bridgehead atoms. The average Bonchev–Trinajstić information content (AvgIpc) is 3.00. The number of anilines is 1. The fourth-order valence-electron chi connectivity index (χ4n) is 2.65. The number of hydrogen-bond donors (Lipinski definition) is 1. The molecule has 132 valence electrons. The summed E-state index contributed by atoms with van der Waals surface area (Å²) < 4.78 is 31.4. The quantitative estimate of drug-likeness (QED) is 0.907. The summed E-state index contributed by atoms with van der Waals surface area (Å²) in [6.45, 7) is 1.81. The van der Waals surface area contributed by atoms with E-state index in [1.54, 1.807) is 6.07 Å². The molecule has 0 saturated carbocycles. The van der Waals surface area contributed by atoms with Crippen LogP contribution in [0.3, 0.4) is 0 Å². The lowest BCUT2D eigenvalue weighted by molar-refractivity contribution is -0.122. The Kier molecular flexibility index (Phi) is 4.53. The topological polar surface area (TPSA) is 75.7 Å². The third-order valence-corrected chi connectivity index (χ3v) is 6.00. The van der Waals surface area contributed by atoms with Crippen molar-refractivity contribution in [1.29, 1.82) is 0 Å². The lowest BCUT2D eigenvalue weighted by Crippen LogP contribution is -2.31. The highest BCUT2D eigenvalue weighted by Crippen LogP contribution is 2.29. The number of nitrogens with one attached hydrogen (secondary N) is 1. The van der Waals surface area contributed by atoms with E-state index in [9.17, 15) is 13.2 Å². The van der Waals surface area contributed by atoms with Crippen molar-refractivity contribution < 1.29 is 17.9 Å². The number of carbonyl (C=O) groups excluding carboxylic acids is 1. The van der Waals surface area contributed by atoms with Gasteiger partial charge in [-0.2, -0.15) is 0 Å². The summed E-state index contributed by atoms with van der Waals surface area (Å²) in [6, 6.07) is 12.2. The number of rotatable bonds is 4. The lowest BCUT2D eigenvalue weighted by atomic mass is 10.1. The predicted molar refractivity (Wildman–Crippen MR) is 95.2 cm³/mol. The van der Waals surface area contributed by atoms with Gasteiger partial charge in [0.2, 0.25) is 10.0 Å². The summed E-state index contributed by atoms with van der Waals surface area (Å²) >= 11 is 0. The van der Waals surface area contributed by atoms with E-state index in [1.165, 1.54) is 26.2 Å². The van der Waals surface area contributed by atoms with Crippen LogP contribution in [0, 0.1) is 6.92 Å². The Morgan fingerprint density at radius 3 is 2.60 bits per heavy atom. The number of benzene rings is 2. The van der Waals surface area contributed by atoms with Gasteiger partial charge in [0, 0.05) is 26.2 Å². The van der Waals surface area contributed by atoms with Gasteiger partial charge in [0.25, 0.3) is 5.91 Å². The summed E-state index contributed by atoms with van der Waals surface area (Å²) in [7, 11) is -0.625. The smallest absolute Gasteiger partial charge is 0.265 e. The van der Waals surface area contributed by atoms with Crippen LogP contribution in [0.2, 0.25) is 0 Å². The van der Waals surface area contributed by atoms with Gasteiger partial charge >= 0.3 is 0 Å². The second kappa shape index (κ2) is 6.50. The fourth-order valence-corrected chi connectivity index (χ4v) is 3.58. The molecule has 3 rings (SSSR count). The second-order valence-corrected chi connectivity index (χ2v) is 8.32. The normalized spacial score (nSPS) is 16.4. The van der Waals surface area contributed by atoms with E-state index in [1.807, 2.05) is 31.2 Å². The number of hydrogen-bond acceptors (Lipinski definition) is 4. The molecule has 1 N–H and O–H groups in total. The van der Waals surface area contributed by atoms with Crippen molar-refractivity contribution in [3.05, 3.63) is 53.6 Å². The third-order valence-electron chi connectivity index (χ3n) is 4.19. The highest BCUT2D eigenvalue weighted by Gasteiger charge is 2.29. The number of ether oxygens (including phenoxy) is 1. The van der Waals surface area contributed by atoms with E-state index in [2.05, 4.69) is 5.32 Å². The van der Waals surface area contributed by atoms with Gasteiger partial charge in [0.05, 0.1) is 4.90 Å². The summed E-state index contributed by atoms with van der Waals surface area (Å²) in [6.07, 6.45) is -0.123. The van der Waals surface area contributed by atoms with E-state index in [0.29, 0.717) is 17.9 Å². The Labute approximate surface area is 147 Å². The van der Waals surface area contributed by atoms with Crippen LogP contribution in [0.25, 0.3) is 0 Å². The molecule has 25 heavy (non-hydrogen) atoms. The minimum Gasteiger partial charge on any atom is -0.480 e. The molecule has 1 heterocycles. The maximum Gasteiger partial charge on any atom is 0.265 e. The van der Waals surface area contributed by atoms with Crippen LogP contribution in [0.15, 0.2) is 47.4 Å². The molecule has 2 aromatic rings. The highest BCUT2D eigenvalue weighted by molar-refractivity contribution is 7.89. The molecular formula is C18H20N2O4S. The Morgan fingerprint density at radius 1 is 1.20 bits per heavy atom. The molecule has 0 aliphatic carbocycles. The Morgan fingerprint density at radius 2 is 1.92 bits per heavy atom. The molecule has 1 amide bonds. The zero-order valence-corrected chi connectivity index (χ0v) is 15.1. The maximum atomic E-state index is 12.5. The van der Waals surface area contributed by atoms with Crippen LogP contribution in [0.5, 0.6) is 5.75 Å². The molecule has 0 radical (unpaired) electrons. The van der Waals surface area contributed by atoms with Crippen molar-refractivity contribution in [2.75, 3.05) is 19.4 Å². The molecule has 1 aliphatic heterocycles. The monoisotopic (exact) mass is 360 g/mol. The number of carbonyl (C=O) groups is 1. The first-order chi connectivity index (χ1) is 11.8. The van der Waals surface area contributed by atoms with Gasteiger partial charge in [-0.3, -0.25) is 4.79 Å². The summed E-state index contributed by atoms with van der Waals surface area (Å²) in [5.74, 6) is 0.419. The minimum atomic E-state index is -3.56. The summed E-state index contributed by atoms with van der Waals surface area (Å²) in [5, 5.41) is 2.79. The van der Waals surface area contributed by atoms with Crippen molar-refractivity contribution in [2.24, 2.45) is 0 Å². The average molecular weight is 360 g/mol. The predicted octanol–water partition coefficient (Wildman–Crippen LogP) is 2.19. The molecule has 0 spiro atoms. The van der Waals surface area contributed by atoms with E-state index in [4.69, 9.17) is 4.74 Å². The third kappa shape index (κ3) is 3.38. The van der Waals surface area contributed by atoms with Crippen molar-refractivity contribution in [1.82, 2.24) is 4.31 Å². The SMILES string of the molecule is Cc1ccc(S(=O)(=O)N(C)C)cc1NC(=O)C1Cc2ccccc2O1. The van der Waals surface area contributed by atoms with Crippen molar-refractivity contribution in [2.45, 2.75) is 24.3 Å². The second-order valence-electron chi connectivity index (χ2n) is 6.17. The van der Waals surface area contributed by atoms with Crippen LogP contribution in [-0.2, 0) is 21.2 Å². The van der Waals surface area contributed by atoms with E-state index in [0.717, 1.165) is 15.4 Å². The molecule has 0 saturated heterocycles. The van der Waals surface area contributed by atoms with Gasteiger partial charge in [-0.1, -0.05) is 24.3 Å². The molecule has 7 heteroatoms. The van der Waals surface area contributed by atoms with Gasteiger partial charge in [0.1, 0.15) is 5.75 Å². The lowest BCUT2D eigenvalue weighted by Gasteiger charge is -2.16. The first-order valence-electron chi connectivity index (χ1n) is 7.87. The van der Waals surface area contributed by atoms with Crippen molar-refractivity contribution >= 4 is 21.6 Å². The first kappa shape index (κ1) is 17.4. The zero-order chi connectivity index (χ0) is 18.2. The summed E-state index contributed by atoms with van der Waals surface area (Å²) in [5.41, 5.74) is 2.23. The van der Waals surface area contributed by atoms with Gasteiger partial charge < -0.3 is 10.1 Å². The molecule has 1 aliphatic rings. The van der Waals surface area contributed by atoms with E-state index >= 15 is 0 Å². The van der Waals surface area contributed by atoms with Crippen molar-refractivity contribution in [3.8, 4) is 5.75 Å². The van der Waals surface area contributed by atoms with Crippen LogP contribution in [-0.4, -0.2) is 38.8 Å². The number of para-hydroxylation sites is 1. The number of nitrogens with zero attached hydrogens (tertiary/aromatic N) is 1. The number of sulfonamides is 1. The number of amides is 1. The van der Waals surface area contributed by atoms with Crippen LogP contribution in [0.1, 0.15) is 11.1 Å². The Hall–Kier alpha value is -2.38. The molecule has 0 aromatic heterocycles. The number of aryl methyl sites for hydroxylation is 1. The van der Waals surface area contributed by atoms with Gasteiger partial charge in [-0.15, -0.1) is 0 Å². The van der Waals surface area contributed by atoms with Gasteiger partial charge in [-0.05, 0) is 36.2 Å². The largest absolute Gasteiger partial charge is 0.480 e. The number of fused-ring (bicyclic) bond motifs is 1. The zero-order valence-electron chi connectivity index (χ0n) is 14.3. The molecule has 6 nitrogen and oxygen atoms in total. The molecule has 2 aromatic carbocycles. The van der Waals surface area contributed by atoms with E-state index < -0.39 is 16.1 Å². The fraction of sp³-hybridized carbons (Fsp3) is 0.278. The van der Waals surface area contributed by atoms with Crippen LogP contribution < -0.4 is 10.1 Å². The van der Waals surface area contributed by atoms with Crippen LogP contribution >= 0.6 is 0 Å². The molecule has 0 fully saturated rings. The first-order valence-corrected chi connectivity index (χ1v) is 9.31. The molecule has 1 atom stereocenters. The van der Waals surface area contributed by atoms with E-state index in [-0.39, 0.29) is 10.8 Å². The minimum absolute atomic E-state index is 0.133.